The van der Waals surface area contributed by atoms with Crippen molar-refractivity contribution in [3.63, 3.8) is 0 Å². The first-order valence-corrected chi connectivity index (χ1v) is 12.9. The molecule has 3 aromatic rings. The van der Waals surface area contributed by atoms with Crippen LogP contribution in [-0.4, -0.2) is 60.6 Å². The quantitative estimate of drug-likeness (QED) is 0.344. The summed E-state index contributed by atoms with van der Waals surface area (Å²) >= 11 is 0. The van der Waals surface area contributed by atoms with Gasteiger partial charge in [0.1, 0.15) is 25.9 Å². The summed E-state index contributed by atoms with van der Waals surface area (Å²) in [5.74, 6) is -2.42. The summed E-state index contributed by atoms with van der Waals surface area (Å²) < 4.78 is 41.5. The standard InChI is InChI=1S/C28H24N2O6.ClHO4/c1-29(2)16-9-11-18(21(13-16)27(32)33)25(19-12-10-17(30(3)4)14-22(19)28(34)35)23-15-36-24-8-6-5-7-20(24)26(23)31;2-1(3,4)5/h5-15H,1-4H3,(H-,32,33,34,35);(H,2,3,4,5). The minimum atomic E-state index is -4.94. The topological polar surface area (TPSA) is 203 Å². The fourth-order valence-corrected chi connectivity index (χ4v) is 4.10. The molecule has 2 N–H and O–H groups in total. The van der Waals surface area contributed by atoms with Crippen LogP contribution < -0.4 is 29.0 Å². The van der Waals surface area contributed by atoms with Crippen LogP contribution in [0.4, 0.5) is 5.69 Å². The number of fused-ring (bicyclic) bond motifs is 1. The highest BCUT2D eigenvalue weighted by molar-refractivity contribution is 6.13. The Bertz CT molecular complexity index is 1700. The maximum atomic E-state index is 13.6. The molecule has 0 aliphatic heterocycles. The van der Waals surface area contributed by atoms with Gasteiger partial charge in [0, 0.05) is 37.5 Å². The van der Waals surface area contributed by atoms with E-state index < -0.39 is 27.6 Å². The first-order valence-electron chi connectivity index (χ1n) is 11.7. The van der Waals surface area contributed by atoms with Crippen LogP contribution in [0.2, 0.25) is 0 Å². The van der Waals surface area contributed by atoms with Crippen molar-refractivity contribution in [3.05, 3.63) is 105 Å². The molecule has 41 heavy (non-hydrogen) atoms. The summed E-state index contributed by atoms with van der Waals surface area (Å²) in [6.45, 7) is 0. The van der Waals surface area contributed by atoms with Gasteiger partial charge >= 0.3 is 11.9 Å². The van der Waals surface area contributed by atoms with Crippen LogP contribution in [0.25, 0.3) is 16.5 Å². The molecule has 13 heteroatoms. The van der Waals surface area contributed by atoms with E-state index in [1.54, 1.807) is 86.2 Å². The van der Waals surface area contributed by atoms with Crippen molar-refractivity contribution in [1.29, 1.82) is 0 Å². The lowest BCUT2D eigenvalue weighted by Crippen LogP contribution is -2.68. The molecule has 1 aromatic heterocycles. The zero-order valence-corrected chi connectivity index (χ0v) is 23.0. The van der Waals surface area contributed by atoms with Gasteiger partial charge in [0.15, 0.2) is 5.71 Å². The van der Waals surface area contributed by atoms with Crippen molar-refractivity contribution in [2.45, 2.75) is 0 Å². The monoisotopic (exact) mass is 584 g/mol. The predicted molar refractivity (Wildman–Crippen MR) is 138 cm³/mol. The van der Waals surface area contributed by atoms with E-state index in [-0.39, 0.29) is 33.4 Å². The number of carboxylic acid groups (broad SMARTS) is 2. The fourth-order valence-electron chi connectivity index (χ4n) is 4.10. The Labute approximate surface area is 235 Å². The third kappa shape index (κ3) is 7.33. The van der Waals surface area contributed by atoms with Crippen LogP contribution in [0.15, 0.2) is 87.3 Å². The molecule has 12 nitrogen and oxygen atoms in total. The fraction of sp³-hybridized carbons (Fsp3) is 0.143. The average Bonchev–Trinajstić information content (AvgIpc) is 2.89. The van der Waals surface area contributed by atoms with Gasteiger partial charge in [-0.3, -0.25) is 4.79 Å². The Morgan fingerprint density at radius 2 is 1.54 bits per heavy atom. The van der Waals surface area contributed by atoms with Crippen LogP contribution >= 0.6 is 0 Å². The molecule has 0 radical (unpaired) electrons. The Kier molecular flexibility index (Phi) is 9.28. The highest BCUT2D eigenvalue weighted by Crippen LogP contribution is 2.35. The second-order valence-corrected chi connectivity index (χ2v) is 9.84. The van der Waals surface area contributed by atoms with Crippen molar-refractivity contribution < 1.29 is 57.7 Å². The van der Waals surface area contributed by atoms with Gasteiger partial charge in [0.25, 0.3) is 0 Å². The number of hydrogen-bond donors (Lipinski definition) is 2. The highest BCUT2D eigenvalue weighted by atomic mass is 35.7. The van der Waals surface area contributed by atoms with E-state index in [1.165, 1.54) is 18.4 Å². The largest absolute Gasteiger partial charge is 0.478 e. The summed E-state index contributed by atoms with van der Waals surface area (Å²) in [6, 6.07) is 11.5. The molecule has 0 saturated heterocycles. The number of hydrogen-bond acceptors (Lipinski definition) is 9. The van der Waals surface area contributed by atoms with Gasteiger partial charge in [-0.05, 0) is 41.5 Å². The number of halogens is 1. The Morgan fingerprint density at radius 3 is 2.10 bits per heavy atom. The van der Waals surface area contributed by atoms with Crippen LogP contribution in [-0.2, 0) is 4.79 Å². The van der Waals surface area contributed by atoms with E-state index >= 15 is 0 Å². The molecular formula is C28H25ClN2O10. The minimum Gasteiger partial charge on any atom is -0.478 e. The van der Waals surface area contributed by atoms with Gasteiger partial charge in [-0.1, -0.05) is 18.2 Å². The third-order valence-corrected chi connectivity index (χ3v) is 5.99. The zero-order valence-electron chi connectivity index (χ0n) is 22.3. The van der Waals surface area contributed by atoms with E-state index in [2.05, 4.69) is 0 Å². The van der Waals surface area contributed by atoms with Crippen molar-refractivity contribution >= 4 is 39.9 Å². The second-order valence-electron chi connectivity index (χ2n) is 9.09. The zero-order chi connectivity index (χ0) is 30.6. The molecule has 0 atom stereocenters. The molecule has 2 aromatic carbocycles. The molecule has 0 unspecified atom stereocenters. The molecule has 1 aliphatic rings. The molecule has 1 heterocycles. The van der Waals surface area contributed by atoms with Crippen LogP contribution in [0.1, 0.15) is 21.5 Å². The number of para-hydroxylation sites is 1. The maximum absolute atomic E-state index is 13.6. The van der Waals surface area contributed by atoms with Crippen molar-refractivity contribution in [3.8, 4) is 0 Å². The third-order valence-electron chi connectivity index (χ3n) is 5.99. The molecule has 0 bridgehead atoms. The van der Waals surface area contributed by atoms with E-state index in [0.29, 0.717) is 22.4 Å². The molecule has 0 spiro atoms. The van der Waals surface area contributed by atoms with E-state index in [9.17, 15) is 24.6 Å². The summed E-state index contributed by atoms with van der Waals surface area (Å²) in [6.07, 6.45) is 6.07. The molecule has 4 rings (SSSR count). The first kappa shape index (κ1) is 30.9. The lowest BCUT2D eigenvalue weighted by Gasteiger charge is -2.20. The number of aliphatic carboxylic acids is 1. The van der Waals surface area contributed by atoms with Crippen LogP contribution in [0.3, 0.4) is 0 Å². The number of carbonyl (C=O) groups is 2. The number of rotatable bonds is 5. The van der Waals surface area contributed by atoms with Gasteiger partial charge in [-0.25, -0.2) is 32.8 Å². The number of anilines is 1. The average molecular weight is 585 g/mol. The number of nitrogens with zero attached hydrogens (tertiary/aromatic N) is 2. The van der Waals surface area contributed by atoms with Crippen molar-refractivity contribution in [2.75, 3.05) is 33.1 Å². The molecule has 0 fully saturated rings. The molecule has 214 valence electrons. The maximum Gasteiger partial charge on any atom is 0.336 e. The highest BCUT2D eigenvalue weighted by Gasteiger charge is 2.28. The normalized spacial score (nSPS) is 14.1. The van der Waals surface area contributed by atoms with Gasteiger partial charge in [0.05, 0.1) is 22.1 Å². The van der Waals surface area contributed by atoms with Crippen molar-refractivity contribution in [1.82, 2.24) is 0 Å². The number of aromatic carboxylic acids is 1. The minimum absolute atomic E-state index is 0.0638. The Hall–Kier alpha value is -4.59. The van der Waals surface area contributed by atoms with Gasteiger partial charge < -0.3 is 19.5 Å². The number of benzene rings is 2. The first-order chi connectivity index (χ1) is 19.1. The van der Waals surface area contributed by atoms with Gasteiger partial charge in [-0.2, -0.15) is 0 Å². The molecule has 0 amide bonds. The van der Waals surface area contributed by atoms with E-state index in [0.717, 1.165) is 0 Å². The molecular weight excluding hydrogens is 560 g/mol. The number of allylic oxidation sites excluding steroid dienone is 3. The van der Waals surface area contributed by atoms with Crippen LogP contribution in [0.5, 0.6) is 0 Å². The SMILES string of the molecule is CN(C)c1ccc(C(=C2C=CC(=[N+](C)C)C=C2C(=O)O)c2coc3ccccc3c2=O)c(C(=O)O)c1.[O-][Cl+3]([O-])([O-])[O-]. The number of carboxylic acids is 2. The Morgan fingerprint density at radius 1 is 0.902 bits per heavy atom. The molecule has 1 aliphatic carbocycles. The van der Waals surface area contributed by atoms with E-state index in [1.807, 2.05) is 0 Å². The van der Waals surface area contributed by atoms with Crippen LogP contribution in [0, 0.1) is 10.2 Å². The summed E-state index contributed by atoms with van der Waals surface area (Å²) in [5, 5.41) is 20.5. The summed E-state index contributed by atoms with van der Waals surface area (Å²) in [4.78, 5) is 40.1. The Balaban J connectivity index is 0.000000850. The predicted octanol–water partition coefficient (Wildman–Crippen LogP) is -1.10. The second kappa shape index (κ2) is 12.3. The van der Waals surface area contributed by atoms with Gasteiger partial charge in [0.2, 0.25) is 5.43 Å². The van der Waals surface area contributed by atoms with Crippen molar-refractivity contribution in [2.24, 2.45) is 0 Å². The lowest BCUT2D eigenvalue weighted by molar-refractivity contribution is -2.00. The summed E-state index contributed by atoms with van der Waals surface area (Å²) in [5.41, 5.74) is 1.75. The molecule has 0 saturated carbocycles. The lowest BCUT2D eigenvalue weighted by atomic mass is 9.84. The van der Waals surface area contributed by atoms with E-state index in [4.69, 9.17) is 23.1 Å². The smallest absolute Gasteiger partial charge is 0.336 e. The van der Waals surface area contributed by atoms with Gasteiger partial charge in [-0.15, -0.1) is 10.2 Å². The summed E-state index contributed by atoms with van der Waals surface area (Å²) in [7, 11) is 2.19.